The van der Waals surface area contributed by atoms with Crippen LogP contribution in [0.5, 0.6) is 17.2 Å². The lowest BCUT2D eigenvalue weighted by Crippen LogP contribution is -2.64. The average molecular weight is 301 g/mol. The number of likely N-dealkylation sites (N-methyl/N-ethyl adjacent to an activating group) is 1. The summed E-state index contributed by atoms with van der Waals surface area (Å²) in [5.74, 6) is 0.337. The number of phenols is 2. The van der Waals surface area contributed by atoms with Crippen LogP contribution in [0.15, 0.2) is 18.2 Å². The summed E-state index contributed by atoms with van der Waals surface area (Å²) in [5, 5.41) is 30.7. The zero-order valence-corrected chi connectivity index (χ0v) is 12.4. The minimum absolute atomic E-state index is 0.134. The molecule has 2 aliphatic carbocycles. The topological polar surface area (TPSA) is 73.2 Å². The van der Waals surface area contributed by atoms with E-state index < -0.39 is 6.10 Å². The van der Waals surface area contributed by atoms with Crippen molar-refractivity contribution in [2.45, 2.75) is 36.5 Å². The lowest BCUT2D eigenvalue weighted by Gasteiger charge is -2.56. The summed E-state index contributed by atoms with van der Waals surface area (Å²) in [5.41, 5.74) is 1.79. The van der Waals surface area contributed by atoms with Crippen LogP contribution in [0, 0.1) is 5.92 Å². The normalized spacial score (nSPS) is 41.2. The van der Waals surface area contributed by atoms with E-state index in [1.807, 2.05) is 6.08 Å². The molecule has 1 aromatic rings. The fourth-order valence-corrected chi connectivity index (χ4v) is 5.30. The number of aliphatic hydroxyl groups excluding tert-OH is 1. The summed E-state index contributed by atoms with van der Waals surface area (Å²) >= 11 is 0. The van der Waals surface area contributed by atoms with Crippen molar-refractivity contribution >= 4 is 0 Å². The molecule has 4 aliphatic rings. The van der Waals surface area contributed by atoms with Crippen LogP contribution in [0.3, 0.4) is 0 Å². The number of rotatable bonds is 0. The predicted molar refractivity (Wildman–Crippen MR) is 79.2 cm³/mol. The maximum atomic E-state index is 10.4. The van der Waals surface area contributed by atoms with Crippen molar-refractivity contribution < 1.29 is 20.1 Å². The van der Waals surface area contributed by atoms with E-state index in [9.17, 15) is 15.3 Å². The van der Waals surface area contributed by atoms with Gasteiger partial charge < -0.3 is 25.0 Å². The number of phenolic OH excluding ortho intramolecular Hbond substituents is 2. The van der Waals surface area contributed by atoms with Crippen molar-refractivity contribution in [2.75, 3.05) is 13.6 Å². The molecule has 1 saturated heterocycles. The molecule has 116 valence electrons. The van der Waals surface area contributed by atoms with Crippen LogP contribution in [-0.2, 0) is 11.8 Å². The van der Waals surface area contributed by atoms with E-state index in [0.717, 1.165) is 30.5 Å². The van der Waals surface area contributed by atoms with Gasteiger partial charge in [0.25, 0.3) is 0 Å². The third-order valence-corrected chi connectivity index (χ3v) is 6.24. The van der Waals surface area contributed by atoms with Crippen molar-refractivity contribution in [1.82, 2.24) is 4.90 Å². The number of nitrogens with zero attached hydrogens (tertiary/aromatic N) is 1. The lowest BCUT2D eigenvalue weighted by atomic mass is 9.53. The Labute approximate surface area is 128 Å². The van der Waals surface area contributed by atoms with Crippen LogP contribution in [0.4, 0.5) is 0 Å². The molecule has 1 fully saturated rings. The third-order valence-electron chi connectivity index (χ3n) is 6.24. The first-order chi connectivity index (χ1) is 10.5. The molecule has 0 radical (unpaired) electrons. The Morgan fingerprint density at radius 3 is 2.95 bits per heavy atom. The minimum atomic E-state index is -0.680. The maximum absolute atomic E-state index is 10.4. The molecule has 1 aromatic carbocycles. The van der Waals surface area contributed by atoms with E-state index in [-0.39, 0.29) is 28.9 Å². The second-order valence-corrected chi connectivity index (χ2v) is 7.09. The van der Waals surface area contributed by atoms with Crippen LogP contribution >= 0.6 is 0 Å². The van der Waals surface area contributed by atoms with Crippen LogP contribution in [-0.4, -0.2) is 52.1 Å². The van der Waals surface area contributed by atoms with Crippen LogP contribution < -0.4 is 4.74 Å². The molecular formula is C17H19NO4. The number of ether oxygens (including phenoxy) is 1. The number of piperidine rings is 1. The molecular weight excluding hydrogens is 282 g/mol. The predicted octanol–water partition coefficient (Wildman–Crippen LogP) is 0.904. The minimum Gasteiger partial charge on any atom is -0.504 e. The van der Waals surface area contributed by atoms with Gasteiger partial charge in [0.1, 0.15) is 12.2 Å². The van der Waals surface area contributed by atoms with E-state index in [1.165, 1.54) is 0 Å². The molecule has 2 heterocycles. The fourth-order valence-electron chi connectivity index (χ4n) is 5.30. The molecule has 1 spiro atoms. The van der Waals surface area contributed by atoms with Gasteiger partial charge in [-0.1, -0.05) is 12.2 Å². The van der Waals surface area contributed by atoms with Crippen molar-refractivity contribution in [3.05, 3.63) is 29.3 Å². The Balaban J connectivity index is 1.85. The molecule has 5 rings (SSSR count). The van der Waals surface area contributed by atoms with Gasteiger partial charge in [0.05, 0.1) is 0 Å². The van der Waals surface area contributed by atoms with E-state index >= 15 is 0 Å². The number of aliphatic hydroxyl groups is 1. The van der Waals surface area contributed by atoms with Crippen molar-refractivity contribution in [3.8, 4) is 17.2 Å². The first-order valence-corrected chi connectivity index (χ1v) is 7.85. The van der Waals surface area contributed by atoms with Crippen molar-refractivity contribution in [1.29, 1.82) is 0 Å². The second-order valence-electron chi connectivity index (χ2n) is 7.09. The van der Waals surface area contributed by atoms with Gasteiger partial charge >= 0.3 is 0 Å². The highest BCUT2D eigenvalue weighted by molar-refractivity contribution is 5.66. The van der Waals surface area contributed by atoms with Gasteiger partial charge in [0, 0.05) is 22.9 Å². The largest absolute Gasteiger partial charge is 0.504 e. The van der Waals surface area contributed by atoms with Gasteiger partial charge in [0.15, 0.2) is 11.5 Å². The summed E-state index contributed by atoms with van der Waals surface area (Å²) in [4.78, 5) is 2.36. The number of benzene rings is 1. The Hall–Kier alpha value is -1.72. The van der Waals surface area contributed by atoms with Gasteiger partial charge in [-0.05, 0) is 38.1 Å². The standard InChI is InChI=1S/C17H19NO4/c1-18-5-4-17-9-2-3-11(19)16(17)22-15-13(17)8(6-10(9)18)7-12(20)14(15)21/h2-3,7,9-11,16,19-21H,4-6H2,1H3/t9-,10+,11-,16-,17-/m0/s1. The van der Waals surface area contributed by atoms with Crippen LogP contribution in [0.2, 0.25) is 0 Å². The maximum Gasteiger partial charge on any atom is 0.200 e. The smallest absolute Gasteiger partial charge is 0.200 e. The lowest BCUT2D eigenvalue weighted by molar-refractivity contribution is -0.0453. The number of hydrogen-bond donors (Lipinski definition) is 3. The SMILES string of the molecule is CN1CC[C@]23c4c5cc(O)c(O)c4O[C@H]2[C@@H](O)C=C[C@H]3[C@H]1C5. The van der Waals surface area contributed by atoms with Gasteiger partial charge in [-0.25, -0.2) is 0 Å². The van der Waals surface area contributed by atoms with Crippen molar-refractivity contribution in [2.24, 2.45) is 5.92 Å². The van der Waals surface area contributed by atoms with E-state index in [0.29, 0.717) is 11.8 Å². The Bertz CT molecular complexity index is 715. The van der Waals surface area contributed by atoms with Gasteiger partial charge in [-0.2, -0.15) is 0 Å². The highest BCUT2D eigenvalue weighted by atomic mass is 16.5. The summed E-state index contributed by atoms with van der Waals surface area (Å²) < 4.78 is 6.01. The number of hydrogen-bond acceptors (Lipinski definition) is 5. The molecule has 0 amide bonds. The van der Waals surface area contributed by atoms with Gasteiger partial charge in [-0.3, -0.25) is 0 Å². The van der Waals surface area contributed by atoms with E-state index in [4.69, 9.17) is 4.74 Å². The Morgan fingerprint density at radius 1 is 1.32 bits per heavy atom. The summed E-state index contributed by atoms with van der Waals surface area (Å²) in [7, 11) is 2.13. The first kappa shape index (κ1) is 12.8. The summed E-state index contributed by atoms with van der Waals surface area (Å²) in [6.07, 6.45) is 4.62. The molecule has 0 unspecified atom stereocenters. The summed E-state index contributed by atoms with van der Waals surface area (Å²) in [6.45, 7) is 0.947. The Morgan fingerprint density at radius 2 is 2.14 bits per heavy atom. The van der Waals surface area contributed by atoms with E-state index in [1.54, 1.807) is 6.07 Å². The highest BCUT2D eigenvalue weighted by Gasteiger charge is 2.64. The summed E-state index contributed by atoms with van der Waals surface area (Å²) in [6, 6.07) is 2.01. The fraction of sp³-hybridized carbons (Fsp3) is 0.529. The van der Waals surface area contributed by atoms with Gasteiger partial charge in [-0.15, -0.1) is 0 Å². The molecule has 2 bridgehead atoms. The third kappa shape index (κ3) is 1.21. The monoisotopic (exact) mass is 301 g/mol. The van der Waals surface area contributed by atoms with Gasteiger partial charge in [0.2, 0.25) is 5.75 Å². The van der Waals surface area contributed by atoms with Crippen LogP contribution in [0.1, 0.15) is 17.5 Å². The zero-order chi connectivity index (χ0) is 15.2. The second kappa shape index (κ2) is 3.78. The highest BCUT2D eigenvalue weighted by Crippen LogP contribution is 2.63. The zero-order valence-electron chi connectivity index (χ0n) is 12.4. The molecule has 0 aromatic heterocycles. The molecule has 5 nitrogen and oxygen atoms in total. The molecule has 0 saturated carbocycles. The molecule has 22 heavy (non-hydrogen) atoms. The molecule has 2 aliphatic heterocycles. The molecule has 5 atom stereocenters. The number of aromatic hydroxyl groups is 2. The van der Waals surface area contributed by atoms with Crippen LogP contribution in [0.25, 0.3) is 0 Å². The quantitative estimate of drug-likeness (QED) is 0.490. The average Bonchev–Trinajstić information content (AvgIpc) is 2.84. The van der Waals surface area contributed by atoms with Crippen molar-refractivity contribution in [3.63, 3.8) is 0 Å². The number of likely N-dealkylation sites (tertiary alicyclic amines) is 1. The Kier molecular flexibility index (Phi) is 2.20. The first-order valence-electron chi connectivity index (χ1n) is 7.85. The molecule has 3 N–H and O–H groups in total. The van der Waals surface area contributed by atoms with E-state index in [2.05, 4.69) is 18.0 Å². The molecule has 5 heteroatoms.